The van der Waals surface area contributed by atoms with Gasteiger partial charge in [-0.05, 0) is 54.4 Å². The Hall–Kier alpha value is -4.82. The van der Waals surface area contributed by atoms with E-state index in [1.54, 1.807) is 43.4 Å². The summed E-state index contributed by atoms with van der Waals surface area (Å²) in [7, 11) is 1.64. The number of benzene rings is 2. The molecule has 0 saturated carbocycles. The maximum atomic E-state index is 13.9. The number of aryl methyl sites for hydroxylation is 1. The zero-order valence-electron chi connectivity index (χ0n) is 22.5. The molecule has 2 aromatic heterocycles. The summed E-state index contributed by atoms with van der Waals surface area (Å²) in [6.07, 6.45) is -1.19. The molecule has 0 bridgehead atoms. The molecule has 1 amide bonds. The molecule has 41 heavy (non-hydrogen) atoms. The zero-order valence-corrected chi connectivity index (χ0v) is 22.5. The highest BCUT2D eigenvalue weighted by atomic mass is 19.1. The lowest BCUT2D eigenvalue weighted by molar-refractivity contribution is 0.115. The molecule has 9 nitrogen and oxygen atoms in total. The summed E-state index contributed by atoms with van der Waals surface area (Å²) in [6.45, 7) is 2.76. The predicted molar refractivity (Wildman–Crippen MR) is 150 cm³/mol. The molecule has 0 unspecified atom stereocenters. The molecule has 5 rings (SSSR count). The molecule has 210 valence electrons. The average Bonchev–Trinajstić information content (AvgIpc) is 2.96. The quantitative estimate of drug-likeness (QED) is 0.367. The highest BCUT2D eigenvalue weighted by Gasteiger charge is 2.38. The van der Waals surface area contributed by atoms with Crippen molar-refractivity contribution in [2.24, 2.45) is 7.05 Å². The van der Waals surface area contributed by atoms with Gasteiger partial charge in [0.25, 0.3) is 5.56 Å². The highest BCUT2D eigenvalue weighted by molar-refractivity contribution is 5.89. The summed E-state index contributed by atoms with van der Waals surface area (Å²) >= 11 is 0. The Balaban J connectivity index is 1.61. The molecule has 1 aliphatic heterocycles. The number of fused-ring (bicyclic) bond motifs is 1. The number of hydrogen-bond acceptors (Lipinski definition) is 6. The first-order valence-corrected chi connectivity index (χ1v) is 13.1. The van der Waals surface area contributed by atoms with Crippen molar-refractivity contribution in [1.29, 1.82) is 5.26 Å². The third-order valence-electron chi connectivity index (χ3n) is 7.57. The molecule has 0 spiro atoms. The third kappa shape index (κ3) is 5.60. The first-order valence-electron chi connectivity index (χ1n) is 13.1. The lowest BCUT2D eigenvalue weighted by atomic mass is 9.93. The van der Waals surface area contributed by atoms with E-state index in [4.69, 9.17) is 0 Å². The van der Waals surface area contributed by atoms with Crippen LogP contribution in [0.3, 0.4) is 0 Å². The second kappa shape index (κ2) is 11.3. The number of carboxylic acid groups (broad SMARTS) is 1. The molecule has 1 saturated heterocycles. The largest absolute Gasteiger partial charge is 0.465 e. The number of piperazine rings is 1. The smallest absolute Gasteiger partial charge is 0.404 e. The van der Waals surface area contributed by atoms with Gasteiger partial charge in [-0.2, -0.15) is 5.26 Å². The second-order valence-corrected chi connectivity index (χ2v) is 10.1. The van der Waals surface area contributed by atoms with Crippen LogP contribution >= 0.6 is 0 Å². The van der Waals surface area contributed by atoms with Gasteiger partial charge in [0.1, 0.15) is 28.9 Å². The number of carbonyl (C=O) groups is 1. The third-order valence-corrected chi connectivity index (χ3v) is 7.57. The van der Waals surface area contributed by atoms with E-state index < -0.39 is 29.8 Å². The molecule has 2 N–H and O–H groups in total. The summed E-state index contributed by atoms with van der Waals surface area (Å²) < 4.78 is 29.2. The highest BCUT2D eigenvalue weighted by Crippen LogP contribution is 2.36. The van der Waals surface area contributed by atoms with Crippen molar-refractivity contribution >= 4 is 22.8 Å². The summed E-state index contributed by atoms with van der Waals surface area (Å²) in [5, 5.41) is 21.4. The lowest BCUT2D eigenvalue weighted by Gasteiger charge is -2.49. The monoisotopic (exact) mass is 558 g/mol. The Morgan fingerprint density at radius 3 is 2.24 bits per heavy atom. The molecule has 3 heterocycles. The van der Waals surface area contributed by atoms with Gasteiger partial charge in [0.15, 0.2) is 0 Å². The fourth-order valence-electron chi connectivity index (χ4n) is 5.56. The van der Waals surface area contributed by atoms with Crippen LogP contribution in [0.5, 0.6) is 0 Å². The Bertz CT molecular complexity index is 1640. The Morgan fingerprint density at radius 1 is 1.07 bits per heavy atom. The SMILES string of the molecule is C[C@H]1CN(C(c2ccc(F)cc2)c2ccc(F)cc2)[C@H](CNC(=O)O)CN1c1cc(=O)n(C)c2ccc(C#N)nc12. The van der Waals surface area contributed by atoms with E-state index >= 15 is 0 Å². The summed E-state index contributed by atoms with van der Waals surface area (Å²) in [4.78, 5) is 33.1. The van der Waals surface area contributed by atoms with Crippen LogP contribution in [0.4, 0.5) is 19.3 Å². The number of nitriles is 1. The van der Waals surface area contributed by atoms with E-state index in [2.05, 4.69) is 15.2 Å². The maximum Gasteiger partial charge on any atom is 0.404 e. The molecule has 2 atom stereocenters. The van der Waals surface area contributed by atoms with Gasteiger partial charge in [0.05, 0.1) is 17.2 Å². The van der Waals surface area contributed by atoms with Crippen LogP contribution in [0.25, 0.3) is 11.0 Å². The average molecular weight is 559 g/mol. The topological polar surface area (TPSA) is 114 Å². The molecular weight excluding hydrogens is 530 g/mol. The van der Waals surface area contributed by atoms with E-state index in [0.29, 0.717) is 29.8 Å². The van der Waals surface area contributed by atoms with Crippen LogP contribution in [0, 0.1) is 23.0 Å². The van der Waals surface area contributed by atoms with Gasteiger partial charge < -0.3 is 19.9 Å². The Kier molecular flexibility index (Phi) is 7.68. The molecule has 1 aliphatic rings. The molecule has 0 radical (unpaired) electrons. The predicted octanol–water partition coefficient (Wildman–Crippen LogP) is 4.02. The van der Waals surface area contributed by atoms with Crippen molar-refractivity contribution < 1.29 is 18.7 Å². The van der Waals surface area contributed by atoms with Gasteiger partial charge in [-0.15, -0.1) is 0 Å². The van der Waals surface area contributed by atoms with Crippen LogP contribution in [0.2, 0.25) is 0 Å². The van der Waals surface area contributed by atoms with Gasteiger partial charge in [0, 0.05) is 44.8 Å². The van der Waals surface area contributed by atoms with Crippen molar-refractivity contribution in [2.75, 3.05) is 24.5 Å². The summed E-state index contributed by atoms with van der Waals surface area (Å²) in [6, 6.07) is 17.9. The minimum absolute atomic E-state index is 0.0527. The number of nitrogens with one attached hydrogen (secondary N) is 1. The number of amides is 1. The standard InChI is InChI=1S/C30H28F2N6O3/c1-18-16-38(29(19-3-7-21(31)8-4-19)20-5-9-22(32)10-6-20)24(15-34-30(40)41)17-37(18)26-13-27(39)36(2)25-12-11-23(14-33)35-28(25)26/h3-13,18,24,29,34H,15-17H2,1-2H3,(H,40,41)/t18-,24+/m0/s1. The van der Waals surface area contributed by atoms with E-state index in [1.165, 1.54) is 34.9 Å². The fourth-order valence-corrected chi connectivity index (χ4v) is 5.56. The van der Waals surface area contributed by atoms with E-state index in [-0.39, 0.29) is 23.8 Å². The minimum Gasteiger partial charge on any atom is -0.465 e. The molecular formula is C30H28F2N6O3. The van der Waals surface area contributed by atoms with Gasteiger partial charge in [-0.1, -0.05) is 24.3 Å². The van der Waals surface area contributed by atoms with Crippen LogP contribution in [-0.2, 0) is 7.05 Å². The zero-order chi connectivity index (χ0) is 29.3. The van der Waals surface area contributed by atoms with Gasteiger partial charge in [-0.25, -0.2) is 18.6 Å². The normalized spacial score (nSPS) is 17.5. The van der Waals surface area contributed by atoms with Crippen molar-refractivity contribution in [3.8, 4) is 6.07 Å². The number of aromatic nitrogens is 2. The molecule has 11 heteroatoms. The fraction of sp³-hybridized carbons (Fsp3) is 0.267. The molecule has 1 fully saturated rings. The summed E-state index contributed by atoms with van der Waals surface area (Å²) in [5.41, 5.74) is 3.09. The van der Waals surface area contributed by atoms with Crippen molar-refractivity contribution in [1.82, 2.24) is 19.8 Å². The molecule has 4 aromatic rings. The number of hydrogen-bond donors (Lipinski definition) is 2. The van der Waals surface area contributed by atoms with Crippen LogP contribution in [-0.4, -0.2) is 57.4 Å². The van der Waals surface area contributed by atoms with Crippen molar-refractivity contribution in [3.63, 3.8) is 0 Å². The van der Waals surface area contributed by atoms with Gasteiger partial charge in [0.2, 0.25) is 0 Å². The van der Waals surface area contributed by atoms with Crippen LogP contribution < -0.4 is 15.8 Å². The number of pyridine rings is 2. The van der Waals surface area contributed by atoms with Gasteiger partial charge >= 0.3 is 6.09 Å². The van der Waals surface area contributed by atoms with Crippen molar-refractivity contribution in [2.45, 2.75) is 25.0 Å². The molecule has 2 aromatic carbocycles. The van der Waals surface area contributed by atoms with Crippen LogP contribution in [0.15, 0.2) is 71.5 Å². The Labute approximate surface area is 234 Å². The van der Waals surface area contributed by atoms with E-state index in [1.807, 2.05) is 17.9 Å². The van der Waals surface area contributed by atoms with E-state index in [9.17, 15) is 28.7 Å². The second-order valence-electron chi connectivity index (χ2n) is 10.1. The summed E-state index contributed by atoms with van der Waals surface area (Å²) in [5.74, 6) is -0.786. The Morgan fingerprint density at radius 2 is 1.68 bits per heavy atom. The number of halogens is 2. The first kappa shape index (κ1) is 27.7. The maximum absolute atomic E-state index is 13.9. The first-order chi connectivity index (χ1) is 19.7. The van der Waals surface area contributed by atoms with Crippen molar-refractivity contribution in [3.05, 3.63) is 106 Å². The minimum atomic E-state index is -1.19. The molecule has 0 aliphatic carbocycles. The number of rotatable bonds is 6. The van der Waals surface area contributed by atoms with Gasteiger partial charge in [-0.3, -0.25) is 9.69 Å². The number of nitrogens with zero attached hydrogens (tertiary/aromatic N) is 5. The number of anilines is 1. The van der Waals surface area contributed by atoms with E-state index in [0.717, 1.165) is 11.1 Å². The lowest BCUT2D eigenvalue weighted by Crippen LogP contribution is -2.61. The van der Waals surface area contributed by atoms with Crippen LogP contribution in [0.1, 0.15) is 29.8 Å².